The highest BCUT2D eigenvalue weighted by molar-refractivity contribution is 5.96. The van der Waals surface area contributed by atoms with Gasteiger partial charge in [0.1, 0.15) is 0 Å². The van der Waals surface area contributed by atoms with E-state index in [2.05, 4.69) is 30.4 Å². The number of hydrogen-bond donors (Lipinski definition) is 0. The quantitative estimate of drug-likeness (QED) is 0.698. The second-order valence-electron chi connectivity index (χ2n) is 5.96. The normalized spacial score (nSPS) is 16.4. The molecular weight excluding hydrogens is 270 g/mol. The Morgan fingerprint density at radius 3 is 2.45 bits per heavy atom. The van der Waals surface area contributed by atoms with Crippen molar-refractivity contribution >= 4 is 11.6 Å². The van der Waals surface area contributed by atoms with E-state index in [1.54, 1.807) is 0 Å². The van der Waals surface area contributed by atoms with Crippen LogP contribution in [0.4, 0.5) is 5.69 Å². The summed E-state index contributed by atoms with van der Waals surface area (Å²) >= 11 is 0. The van der Waals surface area contributed by atoms with Crippen molar-refractivity contribution in [3.05, 3.63) is 54.1 Å². The van der Waals surface area contributed by atoms with Gasteiger partial charge in [-0.25, -0.2) is 5.32 Å². The first kappa shape index (κ1) is 14.8. The highest BCUT2D eigenvalue weighted by Gasteiger charge is 2.28. The van der Waals surface area contributed by atoms with Crippen LogP contribution in [-0.2, 0) is 4.79 Å². The Bertz CT molecular complexity index is 662. The SMILES string of the molecule is CCCCCCC1C(=O)[N]c2ccccc2-c2ccccc21. The van der Waals surface area contributed by atoms with E-state index >= 15 is 0 Å². The molecule has 0 saturated heterocycles. The summed E-state index contributed by atoms with van der Waals surface area (Å²) in [6.45, 7) is 2.21. The van der Waals surface area contributed by atoms with Crippen molar-refractivity contribution < 1.29 is 4.79 Å². The third-order valence-corrected chi connectivity index (χ3v) is 4.41. The topological polar surface area (TPSA) is 31.2 Å². The number of carbonyl (C=O) groups is 1. The van der Waals surface area contributed by atoms with E-state index in [9.17, 15) is 4.79 Å². The molecule has 22 heavy (non-hydrogen) atoms. The summed E-state index contributed by atoms with van der Waals surface area (Å²) in [5.41, 5.74) is 4.17. The van der Waals surface area contributed by atoms with Gasteiger partial charge in [-0.2, -0.15) is 0 Å². The van der Waals surface area contributed by atoms with Gasteiger partial charge in [0.25, 0.3) is 5.91 Å². The molecule has 0 aliphatic carbocycles. The molecule has 3 rings (SSSR count). The molecule has 1 atom stereocenters. The molecule has 0 saturated carbocycles. The number of unbranched alkanes of at least 4 members (excludes halogenated alkanes) is 3. The molecule has 113 valence electrons. The van der Waals surface area contributed by atoms with Crippen molar-refractivity contribution in [1.82, 2.24) is 5.32 Å². The minimum Gasteiger partial charge on any atom is -0.272 e. The monoisotopic (exact) mass is 292 g/mol. The number of hydrogen-bond acceptors (Lipinski definition) is 1. The molecule has 2 nitrogen and oxygen atoms in total. The maximum absolute atomic E-state index is 12.6. The molecular formula is C20H22NO. The molecule has 0 fully saturated rings. The zero-order chi connectivity index (χ0) is 15.4. The molecule has 1 amide bonds. The maximum atomic E-state index is 12.6. The van der Waals surface area contributed by atoms with Gasteiger partial charge in [-0.05, 0) is 23.6 Å². The first-order valence-electron chi connectivity index (χ1n) is 8.25. The van der Waals surface area contributed by atoms with Crippen LogP contribution in [0.3, 0.4) is 0 Å². The van der Waals surface area contributed by atoms with Crippen LogP contribution in [0.2, 0.25) is 0 Å². The third kappa shape index (κ3) is 2.92. The van der Waals surface area contributed by atoms with E-state index in [0.717, 1.165) is 35.2 Å². The molecule has 0 spiro atoms. The van der Waals surface area contributed by atoms with Crippen molar-refractivity contribution in [2.24, 2.45) is 0 Å². The van der Waals surface area contributed by atoms with Gasteiger partial charge in [0.15, 0.2) is 0 Å². The van der Waals surface area contributed by atoms with E-state index in [1.807, 2.05) is 30.3 Å². The molecule has 2 heteroatoms. The highest BCUT2D eigenvalue weighted by atomic mass is 16.1. The van der Waals surface area contributed by atoms with Crippen LogP contribution < -0.4 is 5.32 Å². The van der Waals surface area contributed by atoms with Crippen molar-refractivity contribution in [3.63, 3.8) is 0 Å². The van der Waals surface area contributed by atoms with Gasteiger partial charge in [-0.3, -0.25) is 4.79 Å². The van der Waals surface area contributed by atoms with Gasteiger partial charge >= 0.3 is 0 Å². The lowest BCUT2D eigenvalue weighted by Crippen LogP contribution is -2.19. The highest BCUT2D eigenvalue weighted by Crippen LogP contribution is 2.39. The zero-order valence-corrected chi connectivity index (χ0v) is 13.1. The first-order valence-corrected chi connectivity index (χ1v) is 8.25. The molecule has 1 heterocycles. The Morgan fingerprint density at radius 2 is 1.64 bits per heavy atom. The largest absolute Gasteiger partial charge is 0.272 e. The fourth-order valence-corrected chi connectivity index (χ4v) is 3.23. The maximum Gasteiger partial charge on any atom is 0.253 e. The molecule has 0 aromatic heterocycles. The number of para-hydroxylation sites is 1. The van der Waals surface area contributed by atoms with Crippen molar-refractivity contribution in [1.29, 1.82) is 0 Å². The molecule has 0 N–H and O–H groups in total. The lowest BCUT2D eigenvalue weighted by Gasteiger charge is -2.15. The summed E-state index contributed by atoms with van der Waals surface area (Å²) in [6.07, 6.45) is 5.62. The fraction of sp³-hybridized carbons (Fsp3) is 0.350. The average molecular weight is 292 g/mol. The minimum atomic E-state index is -0.0968. The zero-order valence-electron chi connectivity index (χ0n) is 13.1. The van der Waals surface area contributed by atoms with Crippen LogP contribution in [0.1, 0.15) is 50.5 Å². The average Bonchev–Trinajstić information content (AvgIpc) is 2.66. The molecule has 1 aliphatic rings. The predicted molar refractivity (Wildman–Crippen MR) is 90.2 cm³/mol. The van der Waals surface area contributed by atoms with E-state index < -0.39 is 0 Å². The molecule has 0 bridgehead atoms. The van der Waals surface area contributed by atoms with Gasteiger partial charge in [0.2, 0.25) is 0 Å². The summed E-state index contributed by atoms with van der Waals surface area (Å²) in [5.74, 6) is -0.0886. The van der Waals surface area contributed by atoms with Gasteiger partial charge in [-0.1, -0.05) is 75.1 Å². The van der Waals surface area contributed by atoms with E-state index in [4.69, 9.17) is 0 Å². The smallest absolute Gasteiger partial charge is 0.253 e. The lowest BCUT2D eigenvalue weighted by atomic mass is 9.88. The first-order chi connectivity index (χ1) is 10.8. The Morgan fingerprint density at radius 1 is 0.909 bits per heavy atom. The molecule has 2 aromatic carbocycles. The van der Waals surface area contributed by atoms with Crippen LogP contribution in [0, 0.1) is 0 Å². The molecule has 1 unspecified atom stereocenters. The van der Waals surface area contributed by atoms with Crippen molar-refractivity contribution in [3.8, 4) is 11.1 Å². The molecule has 1 aliphatic heterocycles. The number of nitrogens with zero attached hydrogens (tertiary/aromatic N) is 1. The Hall–Kier alpha value is -2.09. The third-order valence-electron chi connectivity index (χ3n) is 4.41. The van der Waals surface area contributed by atoms with Gasteiger partial charge in [0, 0.05) is 5.56 Å². The second-order valence-corrected chi connectivity index (χ2v) is 5.96. The van der Waals surface area contributed by atoms with Crippen LogP contribution in [0.15, 0.2) is 48.5 Å². The molecule has 1 radical (unpaired) electrons. The summed E-state index contributed by atoms with van der Waals surface area (Å²) < 4.78 is 0. The van der Waals surface area contributed by atoms with Gasteiger partial charge in [0.05, 0.1) is 11.6 Å². The summed E-state index contributed by atoms with van der Waals surface area (Å²) in [5, 5.41) is 4.40. The summed E-state index contributed by atoms with van der Waals surface area (Å²) in [4.78, 5) is 12.6. The van der Waals surface area contributed by atoms with Gasteiger partial charge in [-0.15, -0.1) is 0 Å². The van der Waals surface area contributed by atoms with Crippen LogP contribution >= 0.6 is 0 Å². The fourth-order valence-electron chi connectivity index (χ4n) is 3.23. The number of fused-ring (bicyclic) bond motifs is 3. The summed E-state index contributed by atoms with van der Waals surface area (Å²) in [7, 11) is 0. The Labute approximate surface area is 132 Å². The Kier molecular flexibility index (Phi) is 4.57. The van der Waals surface area contributed by atoms with Crippen LogP contribution in [0.25, 0.3) is 11.1 Å². The lowest BCUT2D eigenvalue weighted by molar-refractivity contribution is -0.121. The Balaban J connectivity index is 1.95. The number of carbonyl (C=O) groups excluding carboxylic acids is 1. The predicted octanol–water partition coefficient (Wildman–Crippen LogP) is 5.18. The van der Waals surface area contributed by atoms with Crippen molar-refractivity contribution in [2.45, 2.75) is 44.9 Å². The molecule has 2 aromatic rings. The van der Waals surface area contributed by atoms with E-state index in [-0.39, 0.29) is 11.8 Å². The van der Waals surface area contributed by atoms with Crippen LogP contribution in [-0.4, -0.2) is 5.91 Å². The number of rotatable bonds is 5. The van der Waals surface area contributed by atoms with Crippen molar-refractivity contribution in [2.75, 3.05) is 0 Å². The minimum absolute atomic E-state index is 0.00824. The number of amides is 1. The van der Waals surface area contributed by atoms with E-state index in [1.165, 1.54) is 19.3 Å². The van der Waals surface area contributed by atoms with Gasteiger partial charge < -0.3 is 0 Å². The summed E-state index contributed by atoms with van der Waals surface area (Å²) in [6, 6.07) is 16.2. The second kappa shape index (κ2) is 6.78. The standard InChI is InChI=1S/C20H22NO/c1-2-3-4-5-13-18-16-11-7-6-10-15(16)17-12-8-9-14-19(17)21-20(18)22/h6-12,14,18H,2-5,13H2,1H3. The van der Waals surface area contributed by atoms with E-state index in [0.29, 0.717) is 0 Å². The number of benzene rings is 2. The van der Waals surface area contributed by atoms with Crippen LogP contribution in [0.5, 0.6) is 0 Å².